The minimum atomic E-state index is 1.09. The van der Waals surface area contributed by atoms with E-state index in [9.17, 15) is 0 Å². The average Bonchev–Trinajstić information content (AvgIpc) is 2.57. The van der Waals surface area contributed by atoms with Crippen LogP contribution in [-0.4, -0.2) is 11.5 Å². The largest absolute Gasteiger partial charge is 0.384 e. The SMILES string of the molecule is CCCCCCCNc1c2c(nc3ccc(C)cc13)CCCC2. The van der Waals surface area contributed by atoms with E-state index < -0.39 is 0 Å². The Labute approximate surface area is 140 Å². The number of hydrogen-bond donors (Lipinski definition) is 1. The minimum absolute atomic E-state index is 1.09. The van der Waals surface area contributed by atoms with E-state index >= 15 is 0 Å². The number of aromatic nitrogens is 1. The summed E-state index contributed by atoms with van der Waals surface area (Å²) in [5.74, 6) is 0. The first kappa shape index (κ1) is 16.3. The molecule has 2 heteroatoms. The molecule has 0 aliphatic heterocycles. The number of unbranched alkanes of at least 4 members (excludes halogenated alkanes) is 4. The number of nitrogens with one attached hydrogen (secondary N) is 1. The third-order valence-electron chi connectivity index (χ3n) is 5.00. The van der Waals surface area contributed by atoms with Gasteiger partial charge in [-0.25, -0.2) is 0 Å². The van der Waals surface area contributed by atoms with Crippen LogP contribution in [0.15, 0.2) is 18.2 Å². The van der Waals surface area contributed by atoms with Crippen molar-refractivity contribution in [3.8, 4) is 0 Å². The van der Waals surface area contributed by atoms with Gasteiger partial charge in [-0.1, -0.05) is 44.2 Å². The van der Waals surface area contributed by atoms with Gasteiger partial charge < -0.3 is 5.32 Å². The van der Waals surface area contributed by atoms with Crippen LogP contribution in [0.25, 0.3) is 10.9 Å². The van der Waals surface area contributed by atoms with Gasteiger partial charge in [0.25, 0.3) is 0 Å². The maximum absolute atomic E-state index is 4.95. The van der Waals surface area contributed by atoms with Crippen LogP contribution >= 0.6 is 0 Å². The molecule has 1 heterocycles. The Morgan fingerprint density at radius 1 is 1.04 bits per heavy atom. The zero-order valence-corrected chi connectivity index (χ0v) is 14.8. The van der Waals surface area contributed by atoms with Crippen LogP contribution in [-0.2, 0) is 12.8 Å². The van der Waals surface area contributed by atoms with Crippen molar-refractivity contribution in [3.63, 3.8) is 0 Å². The molecule has 2 nitrogen and oxygen atoms in total. The number of anilines is 1. The fourth-order valence-electron chi connectivity index (χ4n) is 3.68. The fourth-order valence-corrected chi connectivity index (χ4v) is 3.68. The smallest absolute Gasteiger partial charge is 0.0726 e. The zero-order chi connectivity index (χ0) is 16.1. The van der Waals surface area contributed by atoms with Gasteiger partial charge in [-0.2, -0.15) is 0 Å². The number of benzene rings is 1. The summed E-state index contributed by atoms with van der Waals surface area (Å²) in [5.41, 5.74) is 6.68. The van der Waals surface area contributed by atoms with Crippen molar-refractivity contribution in [1.29, 1.82) is 0 Å². The van der Waals surface area contributed by atoms with Crippen LogP contribution in [0.2, 0.25) is 0 Å². The number of nitrogens with zero attached hydrogens (tertiary/aromatic N) is 1. The van der Waals surface area contributed by atoms with Crippen LogP contribution in [0.5, 0.6) is 0 Å². The van der Waals surface area contributed by atoms with E-state index in [1.54, 1.807) is 0 Å². The number of aryl methyl sites for hydroxylation is 2. The van der Waals surface area contributed by atoms with Gasteiger partial charge in [0.2, 0.25) is 0 Å². The Kier molecular flexibility index (Phi) is 5.53. The molecule has 0 bridgehead atoms. The molecule has 1 aromatic heterocycles. The van der Waals surface area contributed by atoms with Crippen molar-refractivity contribution in [2.45, 2.75) is 71.6 Å². The molecule has 0 radical (unpaired) electrons. The molecule has 0 unspecified atom stereocenters. The lowest BCUT2D eigenvalue weighted by Gasteiger charge is -2.22. The van der Waals surface area contributed by atoms with E-state index in [0.29, 0.717) is 0 Å². The summed E-state index contributed by atoms with van der Waals surface area (Å²) in [4.78, 5) is 4.95. The average molecular weight is 310 g/mol. The molecule has 1 aromatic carbocycles. The molecule has 0 saturated carbocycles. The monoisotopic (exact) mass is 310 g/mol. The molecule has 0 spiro atoms. The Bertz CT molecular complexity index is 660. The highest BCUT2D eigenvalue weighted by Gasteiger charge is 2.17. The second-order valence-corrected chi connectivity index (χ2v) is 6.98. The molecule has 0 amide bonds. The lowest BCUT2D eigenvalue weighted by molar-refractivity contribution is 0.643. The first-order valence-corrected chi connectivity index (χ1v) is 9.45. The molecule has 124 valence electrons. The van der Waals surface area contributed by atoms with E-state index in [1.807, 2.05) is 0 Å². The quantitative estimate of drug-likeness (QED) is 0.653. The van der Waals surface area contributed by atoms with Crippen molar-refractivity contribution in [1.82, 2.24) is 4.98 Å². The Morgan fingerprint density at radius 3 is 2.74 bits per heavy atom. The van der Waals surface area contributed by atoms with Crippen LogP contribution in [0.3, 0.4) is 0 Å². The van der Waals surface area contributed by atoms with Gasteiger partial charge in [-0.05, 0) is 56.7 Å². The molecule has 1 N–H and O–H groups in total. The standard InChI is InChI=1S/C21H30N2/c1-3-4-5-6-9-14-22-21-17-10-7-8-11-19(17)23-20-13-12-16(2)15-18(20)21/h12-13,15H,3-11,14H2,1-2H3,(H,22,23). The topological polar surface area (TPSA) is 24.9 Å². The highest BCUT2D eigenvalue weighted by molar-refractivity contribution is 5.94. The van der Waals surface area contributed by atoms with E-state index in [1.165, 1.54) is 79.3 Å². The number of rotatable bonds is 7. The number of hydrogen-bond acceptors (Lipinski definition) is 2. The first-order chi connectivity index (χ1) is 11.3. The molecule has 0 fully saturated rings. The summed E-state index contributed by atoms with van der Waals surface area (Å²) >= 11 is 0. The second-order valence-electron chi connectivity index (χ2n) is 6.98. The summed E-state index contributed by atoms with van der Waals surface area (Å²) < 4.78 is 0. The molecule has 2 aromatic rings. The number of pyridine rings is 1. The minimum Gasteiger partial charge on any atom is -0.384 e. The summed E-state index contributed by atoms with van der Waals surface area (Å²) in [7, 11) is 0. The van der Waals surface area contributed by atoms with E-state index in [-0.39, 0.29) is 0 Å². The van der Waals surface area contributed by atoms with Gasteiger partial charge in [0.15, 0.2) is 0 Å². The van der Waals surface area contributed by atoms with E-state index in [4.69, 9.17) is 4.98 Å². The van der Waals surface area contributed by atoms with Crippen molar-refractivity contribution < 1.29 is 0 Å². The highest BCUT2D eigenvalue weighted by atomic mass is 14.9. The van der Waals surface area contributed by atoms with Crippen LogP contribution in [0, 0.1) is 6.92 Å². The van der Waals surface area contributed by atoms with Gasteiger partial charge >= 0.3 is 0 Å². The molecule has 0 saturated heterocycles. The van der Waals surface area contributed by atoms with Crippen molar-refractivity contribution in [2.24, 2.45) is 0 Å². The van der Waals surface area contributed by atoms with Gasteiger partial charge in [-0.15, -0.1) is 0 Å². The summed E-state index contributed by atoms with van der Waals surface area (Å²) in [6.45, 7) is 5.53. The molecule has 1 aliphatic rings. The summed E-state index contributed by atoms with van der Waals surface area (Å²) in [5, 5.41) is 5.10. The molecule has 3 rings (SSSR count). The summed E-state index contributed by atoms with van der Waals surface area (Å²) in [6.07, 6.45) is 11.6. The van der Waals surface area contributed by atoms with Crippen molar-refractivity contribution in [3.05, 3.63) is 35.0 Å². The predicted molar refractivity (Wildman–Crippen MR) is 100 cm³/mol. The molecule has 1 aliphatic carbocycles. The van der Waals surface area contributed by atoms with Gasteiger partial charge in [0, 0.05) is 23.3 Å². The van der Waals surface area contributed by atoms with Gasteiger partial charge in [0.1, 0.15) is 0 Å². The van der Waals surface area contributed by atoms with Crippen LogP contribution in [0.4, 0.5) is 5.69 Å². The first-order valence-electron chi connectivity index (χ1n) is 9.45. The van der Waals surface area contributed by atoms with E-state index in [2.05, 4.69) is 37.4 Å². The third kappa shape index (κ3) is 3.85. The zero-order valence-electron chi connectivity index (χ0n) is 14.8. The normalized spacial score (nSPS) is 14.0. The number of fused-ring (bicyclic) bond motifs is 2. The van der Waals surface area contributed by atoms with Crippen LogP contribution in [0.1, 0.15) is 68.7 Å². The predicted octanol–water partition coefficient (Wildman–Crippen LogP) is 5.80. The van der Waals surface area contributed by atoms with Crippen LogP contribution < -0.4 is 5.32 Å². The molecule has 0 atom stereocenters. The lowest BCUT2D eigenvalue weighted by Crippen LogP contribution is -2.12. The highest BCUT2D eigenvalue weighted by Crippen LogP contribution is 2.33. The third-order valence-corrected chi connectivity index (χ3v) is 5.00. The van der Waals surface area contributed by atoms with Crippen molar-refractivity contribution >= 4 is 16.6 Å². The lowest BCUT2D eigenvalue weighted by atomic mass is 9.92. The second kappa shape index (κ2) is 7.81. The summed E-state index contributed by atoms with van der Waals surface area (Å²) in [6, 6.07) is 6.67. The Balaban J connectivity index is 1.82. The maximum Gasteiger partial charge on any atom is 0.0726 e. The maximum atomic E-state index is 4.95. The van der Waals surface area contributed by atoms with Gasteiger partial charge in [0.05, 0.1) is 5.52 Å². The Hall–Kier alpha value is -1.57. The molecular formula is C21H30N2. The van der Waals surface area contributed by atoms with Gasteiger partial charge in [-0.3, -0.25) is 4.98 Å². The van der Waals surface area contributed by atoms with Crippen molar-refractivity contribution in [2.75, 3.05) is 11.9 Å². The molecular weight excluding hydrogens is 280 g/mol. The molecule has 23 heavy (non-hydrogen) atoms. The van der Waals surface area contributed by atoms with E-state index in [0.717, 1.165) is 18.5 Å². The fraction of sp³-hybridized carbons (Fsp3) is 0.571. The Morgan fingerprint density at radius 2 is 1.87 bits per heavy atom.